The first-order valence-corrected chi connectivity index (χ1v) is 6.34. The highest BCUT2D eigenvalue weighted by atomic mass is 35.5. The molecule has 0 amide bonds. The van der Waals surface area contributed by atoms with Crippen LogP contribution >= 0.6 is 23.2 Å². The number of nitrogens with zero attached hydrogens (tertiary/aromatic N) is 2. The number of nitriles is 1. The first-order valence-electron chi connectivity index (χ1n) is 5.58. The summed E-state index contributed by atoms with van der Waals surface area (Å²) in [4.78, 5) is 2.21. The van der Waals surface area contributed by atoms with E-state index in [0.717, 1.165) is 18.7 Å². The van der Waals surface area contributed by atoms with Crippen molar-refractivity contribution in [3.63, 3.8) is 0 Å². The average molecular weight is 269 g/mol. The Labute approximate surface area is 112 Å². The zero-order chi connectivity index (χ0) is 12.6. The third-order valence-electron chi connectivity index (χ3n) is 3.50. The molecule has 4 heteroatoms. The van der Waals surface area contributed by atoms with E-state index < -0.39 is 0 Å². The smallest absolute Gasteiger partial charge is 0.0706 e. The van der Waals surface area contributed by atoms with Crippen molar-refractivity contribution in [1.29, 1.82) is 5.26 Å². The summed E-state index contributed by atoms with van der Waals surface area (Å²) in [5, 5.41) is 10.4. The molecule has 0 aliphatic carbocycles. The Morgan fingerprint density at radius 3 is 2.35 bits per heavy atom. The van der Waals surface area contributed by atoms with Crippen molar-refractivity contribution in [3.05, 3.63) is 28.2 Å². The van der Waals surface area contributed by atoms with Crippen molar-refractivity contribution in [3.8, 4) is 6.07 Å². The highest BCUT2D eigenvalue weighted by Gasteiger charge is 2.41. The predicted molar refractivity (Wildman–Crippen MR) is 71.6 cm³/mol. The predicted octanol–water partition coefficient (Wildman–Crippen LogP) is 4.12. The van der Waals surface area contributed by atoms with Crippen LogP contribution in [-0.2, 0) is 0 Å². The normalized spacial score (nSPS) is 22.5. The van der Waals surface area contributed by atoms with Gasteiger partial charge in [-0.05, 0) is 38.5 Å². The minimum Gasteiger partial charge on any atom is -0.365 e. The van der Waals surface area contributed by atoms with Crippen LogP contribution in [0, 0.1) is 17.2 Å². The van der Waals surface area contributed by atoms with E-state index in [9.17, 15) is 0 Å². The first kappa shape index (κ1) is 12.5. The zero-order valence-electron chi connectivity index (χ0n) is 9.87. The van der Waals surface area contributed by atoms with Gasteiger partial charge >= 0.3 is 0 Å². The molecule has 1 heterocycles. The number of rotatable bonds is 1. The van der Waals surface area contributed by atoms with Crippen LogP contribution in [-0.4, -0.2) is 12.1 Å². The topological polar surface area (TPSA) is 27.0 Å². The molecule has 1 saturated heterocycles. The second-order valence-corrected chi connectivity index (χ2v) is 5.78. The fourth-order valence-electron chi connectivity index (χ4n) is 2.47. The first-order chi connectivity index (χ1) is 7.95. The molecule has 0 N–H and O–H groups in total. The van der Waals surface area contributed by atoms with Gasteiger partial charge < -0.3 is 4.90 Å². The van der Waals surface area contributed by atoms with Gasteiger partial charge in [0.25, 0.3) is 0 Å². The van der Waals surface area contributed by atoms with Gasteiger partial charge in [0.2, 0.25) is 0 Å². The lowest BCUT2D eigenvalue weighted by Crippen LogP contribution is -2.42. The third kappa shape index (κ3) is 2.22. The van der Waals surface area contributed by atoms with Gasteiger partial charge in [-0.25, -0.2) is 0 Å². The molecule has 1 aromatic carbocycles. The maximum atomic E-state index is 9.15. The van der Waals surface area contributed by atoms with Crippen LogP contribution in [0.5, 0.6) is 0 Å². The minimum atomic E-state index is -0.178. The number of halogens is 2. The van der Waals surface area contributed by atoms with Crippen LogP contribution in [0.25, 0.3) is 0 Å². The van der Waals surface area contributed by atoms with E-state index in [1.165, 1.54) is 0 Å². The summed E-state index contributed by atoms with van der Waals surface area (Å²) in [7, 11) is 0. The molecular weight excluding hydrogens is 255 g/mol. The van der Waals surface area contributed by atoms with Crippen LogP contribution in [0.2, 0.25) is 10.0 Å². The van der Waals surface area contributed by atoms with Gasteiger partial charge in [0, 0.05) is 22.3 Å². The van der Waals surface area contributed by atoms with Gasteiger partial charge in [-0.1, -0.05) is 23.2 Å². The summed E-state index contributed by atoms with van der Waals surface area (Å²) in [5.41, 5.74) is 0.813. The molecule has 1 atom stereocenters. The van der Waals surface area contributed by atoms with E-state index in [4.69, 9.17) is 28.5 Å². The lowest BCUT2D eigenvalue weighted by Gasteiger charge is -2.35. The van der Waals surface area contributed by atoms with E-state index in [1.54, 1.807) is 6.07 Å². The summed E-state index contributed by atoms with van der Waals surface area (Å²) in [6.07, 6.45) is 0.883. The molecule has 0 bridgehead atoms. The van der Waals surface area contributed by atoms with Gasteiger partial charge in [-0.3, -0.25) is 0 Å². The maximum absolute atomic E-state index is 9.15. The van der Waals surface area contributed by atoms with Crippen LogP contribution in [0.1, 0.15) is 20.3 Å². The second-order valence-electron chi connectivity index (χ2n) is 4.90. The van der Waals surface area contributed by atoms with Crippen molar-refractivity contribution < 1.29 is 0 Å². The summed E-state index contributed by atoms with van der Waals surface area (Å²) in [5.74, 6) is 0.0419. The van der Waals surface area contributed by atoms with E-state index in [0.29, 0.717) is 10.0 Å². The molecule has 90 valence electrons. The standard InChI is InChI=1S/C13H14Cl2N2/c1-13(2)9(8-16)3-4-17(13)12-6-10(14)5-11(15)7-12/h5-7,9H,3-4H2,1-2H3. The molecule has 17 heavy (non-hydrogen) atoms. The molecular formula is C13H14Cl2N2. The number of anilines is 1. The van der Waals surface area contributed by atoms with Crippen LogP contribution in [0.3, 0.4) is 0 Å². The lowest BCUT2D eigenvalue weighted by molar-refractivity contribution is 0.439. The maximum Gasteiger partial charge on any atom is 0.0706 e. The van der Waals surface area contributed by atoms with Crippen LogP contribution < -0.4 is 4.90 Å². The number of benzene rings is 1. The van der Waals surface area contributed by atoms with Gasteiger partial charge in [-0.2, -0.15) is 5.26 Å². The second kappa shape index (κ2) is 4.40. The lowest BCUT2D eigenvalue weighted by atomic mass is 9.89. The van der Waals surface area contributed by atoms with Crippen molar-refractivity contribution >= 4 is 28.9 Å². The molecule has 1 unspecified atom stereocenters. The molecule has 0 saturated carbocycles. The van der Waals surface area contributed by atoms with Crippen molar-refractivity contribution in [2.75, 3.05) is 11.4 Å². The zero-order valence-corrected chi connectivity index (χ0v) is 11.4. The largest absolute Gasteiger partial charge is 0.365 e. The van der Waals surface area contributed by atoms with Gasteiger partial charge in [0.1, 0.15) is 0 Å². The Morgan fingerprint density at radius 2 is 1.88 bits per heavy atom. The number of hydrogen-bond donors (Lipinski definition) is 0. The summed E-state index contributed by atoms with van der Waals surface area (Å²) >= 11 is 12.0. The molecule has 1 aliphatic heterocycles. The van der Waals surface area contributed by atoms with E-state index in [1.807, 2.05) is 12.1 Å². The fraction of sp³-hybridized carbons (Fsp3) is 0.462. The monoisotopic (exact) mass is 268 g/mol. The average Bonchev–Trinajstić information content (AvgIpc) is 2.51. The Morgan fingerprint density at radius 1 is 1.29 bits per heavy atom. The van der Waals surface area contributed by atoms with Crippen molar-refractivity contribution in [1.82, 2.24) is 0 Å². The molecule has 1 aliphatic rings. The molecule has 1 fully saturated rings. The molecule has 0 aromatic heterocycles. The Hall–Kier alpha value is -0.910. The van der Waals surface area contributed by atoms with Crippen molar-refractivity contribution in [2.24, 2.45) is 5.92 Å². The summed E-state index contributed by atoms with van der Waals surface area (Å²) in [6.45, 7) is 5.04. The highest BCUT2D eigenvalue weighted by molar-refractivity contribution is 6.35. The van der Waals surface area contributed by atoms with E-state index in [2.05, 4.69) is 24.8 Å². The number of hydrogen-bond acceptors (Lipinski definition) is 2. The minimum absolute atomic E-state index is 0.0419. The van der Waals surface area contributed by atoms with Gasteiger partial charge in [-0.15, -0.1) is 0 Å². The van der Waals surface area contributed by atoms with Gasteiger partial charge in [0.15, 0.2) is 0 Å². The molecule has 1 aromatic rings. The van der Waals surface area contributed by atoms with E-state index >= 15 is 0 Å². The van der Waals surface area contributed by atoms with Crippen molar-refractivity contribution in [2.45, 2.75) is 25.8 Å². The van der Waals surface area contributed by atoms with E-state index in [-0.39, 0.29) is 11.5 Å². The Kier molecular flexibility index (Phi) is 3.25. The summed E-state index contributed by atoms with van der Waals surface area (Å²) < 4.78 is 0. The van der Waals surface area contributed by atoms with Crippen LogP contribution in [0.15, 0.2) is 18.2 Å². The molecule has 2 nitrogen and oxygen atoms in total. The molecule has 0 radical (unpaired) electrons. The molecule has 0 spiro atoms. The molecule has 2 rings (SSSR count). The van der Waals surface area contributed by atoms with Crippen LogP contribution in [0.4, 0.5) is 5.69 Å². The fourth-order valence-corrected chi connectivity index (χ4v) is 2.98. The third-order valence-corrected chi connectivity index (χ3v) is 3.94. The Balaban J connectivity index is 2.39. The Bertz CT molecular complexity index is 457. The highest BCUT2D eigenvalue weighted by Crippen LogP contribution is 2.39. The van der Waals surface area contributed by atoms with Gasteiger partial charge in [0.05, 0.1) is 17.5 Å². The SMILES string of the molecule is CC1(C)C(C#N)CCN1c1cc(Cl)cc(Cl)c1. The quantitative estimate of drug-likeness (QED) is 0.766. The summed E-state index contributed by atoms with van der Waals surface area (Å²) in [6, 6.07) is 7.89.